The lowest BCUT2D eigenvalue weighted by molar-refractivity contribution is -0.114. The fraction of sp³-hybridized carbons (Fsp3) is 0.217. The zero-order valence-corrected chi connectivity index (χ0v) is 18.2. The molecule has 0 saturated heterocycles. The minimum Gasteiger partial charge on any atom is -0.325 e. The fourth-order valence-electron chi connectivity index (χ4n) is 2.84. The molecule has 2 aromatic carbocycles. The summed E-state index contributed by atoms with van der Waals surface area (Å²) in [5.74, 6) is 0.411. The lowest BCUT2D eigenvalue weighted by atomic mass is 10.2. The molecule has 3 N–H and O–H groups in total. The van der Waals surface area contributed by atoms with Crippen LogP contribution in [0.15, 0.2) is 59.4 Å². The van der Waals surface area contributed by atoms with E-state index in [2.05, 4.69) is 20.6 Å². The van der Waals surface area contributed by atoms with Gasteiger partial charge in [-0.3, -0.25) is 14.4 Å². The van der Waals surface area contributed by atoms with Gasteiger partial charge in [-0.2, -0.15) is 0 Å². The Hall–Kier alpha value is -3.39. The molecule has 31 heavy (non-hydrogen) atoms. The van der Waals surface area contributed by atoms with Crippen molar-refractivity contribution in [2.75, 3.05) is 22.1 Å². The van der Waals surface area contributed by atoms with Crippen molar-refractivity contribution in [3.05, 3.63) is 76.2 Å². The van der Waals surface area contributed by atoms with Gasteiger partial charge >= 0.3 is 0 Å². The van der Waals surface area contributed by atoms with Crippen LogP contribution in [0.1, 0.15) is 18.2 Å². The van der Waals surface area contributed by atoms with Gasteiger partial charge in [0, 0.05) is 28.7 Å². The van der Waals surface area contributed by atoms with Crippen LogP contribution in [0, 0.1) is 6.92 Å². The SMILES string of the molecule is CCc1cc(=O)[nH]c(-c2cccc(NC(=O)CSCC(=O)Nc3ccc(C)cc3)c2)n1. The maximum Gasteiger partial charge on any atom is 0.251 e. The number of H-pyrrole nitrogens is 1. The first kappa shape index (κ1) is 22.3. The molecule has 0 fully saturated rings. The van der Waals surface area contributed by atoms with Crippen molar-refractivity contribution in [1.29, 1.82) is 0 Å². The predicted molar refractivity (Wildman–Crippen MR) is 125 cm³/mol. The van der Waals surface area contributed by atoms with Crippen LogP contribution in [0.3, 0.4) is 0 Å². The van der Waals surface area contributed by atoms with Crippen LogP contribution in [0.2, 0.25) is 0 Å². The van der Waals surface area contributed by atoms with Crippen molar-refractivity contribution in [1.82, 2.24) is 9.97 Å². The van der Waals surface area contributed by atoms with Crippen molar-refractivity contribution < 1.29 is 9.59 Å². The van der Waals surface area contributed by atoms with Crippen LogP contribution in [0.25, 0.3) is 11.4 Å². The normalized spacial score (nSPS) is 10.5. The molecule has 8 heteroatoms. The van der Waals surface area contributed by atoms with E-state index in [1.807, 2.05) is 44.2 Å². The number of hydrogen-bond donors (Lipinski definition) is 3. The monoisotopic (exact) mass is 436 g/mol. The molecular weight excluding hydrogens is 412 g/mol. The van der Waals surface area contributed by atoms with E-state index >= 15 is 0 Å². The summed E-state index contributed by atoms with van der Waals surface area (Å²) < 4.78 is 0. The van der Waals surface area contributed by atoms with Gasteiger partial charge in [0.15, 0.2) is 0 Å². The molecule has 2 amide bonds. The lowest BCUT2D eigenvalue weighted by Crippen LogP contribution is -2.18. The maximum absolute atomic E-state index is 12.3. The highest BCUT2D eigenvalue weighted by molar-refractivity contribution is 8.00. The first-order valence-corrected chi connectivity index (χ1v) is 11.0. The summed E-state index contributed by atoms with van der Waals surface area (Å²) in [6.45, 7) is 3.91. The largest absolute Gasteiger partial charge is 0.325 e. The molecule has 7 nitrogen and oxygen atoms in total. The second kappa shape index (κ2) is 10.6. The molecule has 0 spiro atoms. The number of aromatic nitrogens is 2. The molecule has 3 aromatic rings. The summed E-state index contributed by atoms with van der Waals surface area (Å²) in [4.78, 5) is 43.2. The quantitative estimate of drug-likeness (QED) is 0.500. The molecule has 0 aliphatic rings. The molecule has 0 saturated carbocycles. The van der Waals surface area contributed by atoms with E-state index in [1.165, 1.54) is 17.8 Å². The molecule has 0 aliphatic heterocycles. The average molecular weight is 437 g/mol. The Morgan fingerprint density at radius 3 is 2.32 bits per heavy atom. The molecule has 1 aromatic heterocycles. The van der Waals surface area contributed by atoms with Gasteiger partial charge in [-0.25, -0.2) is 4.98 Å². The van der Waals surface area contributed by atoms with E-state index in [1.54, 1.807) is 18.2 Å². The summed E-state index contributed by atoms with van der Waals surface area (Å²) in [5.41, 5.74) is 3.64. The molecule has 0 unspecified atom stereocenters. The third-order valence-electron chi connectivity index (χ3n) is 4.38. The van der Waals surface area contributed by atoms with Crippen LogP contribution in [0.5, 0.6) is 0 Å². The number of amides is 2. The molecule has 1 heterocycles. The van der Waals surface area contributed by atoms with E-state index in [9.17, 15) is 14.4 Å². The van der Waals surface area contributed by atoms with Crippen LogP contribution in [0.4, 0.5) is 11.4 Å². The van der Waals surface area contributed by atoms with Crippen LogP contribution in [-0.4, -0.2) is 33.3 Å². The van der Waals surface area contributed by atoms with E-state index in [0.717, 1.165) is 11.3 Å². The Balaban J connectivity index is 1.52. The van der Waals surface area contributed by atoms with E-state index in [4.69, 9.17) is 0 Å². The van der Waals surface area contributed by atoms with Crippen molar-refractivity contribution in [3.63, 3.8) is 0 Å². The topological polar surface area (TPSA) is 104 Å². The molecule has 3 rings (SSSR count). The number of carbonyl (C=O) groups is 2. The van der Waals surface area contributed by atoms with Gasteiger partial charge in [-0.1, -0.05) is 36.8 Å². The zero-order valence-electron chi connectivity index (χ0n) is 17.4. The third-order valence-corrected chi connectivity index (χ3v) is 5.31. The molecular formula is C23H24N4O3S. The van der Waals surface area contributed by atoms with E-state index < -0.39 is 0 Å². The summed E-state index contributed by atoms with van der Waals surface area (Å²) in [5, 5.41) is 5.62. The van der Waals surface area contributed by atoms with Crippen molar-refractivity contribution in [3.8, 4) is 11.4 Å². The van der Waals surface area contributed by atoms with Crippen molar-refractivity contribution in [2.45, 2.75) is 20.3 Å². The number of thioether (sulfide) groups is 1. The Morgan fingerprint density at radius 1 is 0.968 bits per heavy atom. The smallest absolute Gasteiger partial charge is 0.251 e. The number of rotatable bonds is 8. The summed E-state index contributed by atoms with van der Waals surface area (Å²) >= 11 is 1.23. The minimum atomic E-state index is -0.214. The van der Waals surface area contributed by atoms with Crippen LogP contribution < -0.4 is 16.2 Å². The summed E-state index contributed by atoms with van der Waals surface area (Å²) in [6, 6.07) is 16.1. The standard InChI is InChI=1S/C23H24N4O3S/c1-3-17-12-20(28)27-23(26-17)16-5-4-6-19(11-16)25-22(30)14-31-13-21(29)24-18-9-7-15(2)8-10-18/h4-12H,3,13-14H2,1-2H3,(H,24,29)(H,25,30)(H,26,27,28). The Bertz CT molecular complexity index is 1130. The number of hydrogen-bond acceptors (Lipinski definition) is 5. The Kier molecular flexibility index (Phi) is 7.61. The van der Waals surface area contributed by atoms with Gasteiger partial charge in [0.05, 0.1) is 11.5 Å². The number of carbonyl (C=O) groups excluding carboxylic acids is 2. The Labute approximate surface area is 184 Å². The fourth-order valence-corrected chi connectivity index (χ4v) is 3.45. The molecule has 0 aliphatic carbocycles. The van der Waals surface area contributed by atoms with E-state index in [0.29, 0.717) is 29.2 Å². The number of nitrogens with one attached hydrogen (secondary N) is 3. The van der Waals surface area contributed by atoms with Gasteiger partial charge < -0.3 is 15.6 Å². The highest BCUT2D eigenvalue weighted by Crippen LogP contribution is 2.19. The average Bonchev–Trinajstić information content (AvgIpc) is 2.75. The number of aromatic amines is 1. The van der Waals surface area contributed by atoms with Gasteiger partial charge in [-0.15, -0.1) is 11.8 Å². The highest BCUT2D eigenvalue weighted by Gasteiger charge is 2.09. The third kappa shape index (κ3) is 6.82. The van der Waals surface area contributed by atoms with Crippen LogP contribution >= 0.6 is 11.8 Å². The summed E-state index contributed by atoms with van der Waals surface area (Å²) in [6.07, 6.45) is 0.655. The molecule has 160 valence electrons. The highest BCUT2D eigenvalue weighted by atomic mass is 32.2. The lowest BCUT2D eigenvalue weighted by Gasteiger charge is -2.08. The van der Waals surface area contributed by atoms with Gasteiger partial charge in [0.2, 0.25) is 11.8 Å². The van der Waals surface area contributed by atoms with Gasteiger partial charge in [0.25, 0.3) is 5.56 Å². The molecule has 0 bridgehead atoms. The molecule has 0 radical (unpaired) electrons. The van der Waals surface area contributed by atoms with E-state index in [-0.39, 0.29) is 28.9 Å². The predicted octanol–water partition coefficient (Wildman–Crippen LogP) is 3.62. The van der Waals surface area contributed by atoms with Crippen molar-refractivity contribution >= 4 is 35.0 Å². The molecule has 0 atom stereocenters. The van der Waals surface area contributed by atoms with Crippen molar-refractivity contribution in [2.24, 2.45) is 0 Å². The number of anilines is 2. The number of aryl methyl sites for hydroxylation is 2. The first-order chi connectivity index (χ1) is 14.9. The maximum atomic E-state index is 12.3. The zero-order chi connectivity index (χ0) is 22.2. The summed E-state index contributed by atoms with van der Waals surface area (Å²) in [7, 11) is 0. The first-order valence-electron chi connectivity index (χ1n) is 9.87. The van der Waals surface area contributed by atoms with Crippen LogP contribution in [-0.2, 0) is 16.0 Å². The Morgan fingerprint density at radius 2 is 1.65 bits per heavy atom. The number of benzene rings is 2. The van der Waals surface area contributed by atoms with Gasteiger partial charge in [0.1, 0.15) is 5.82 Å². The number of nitrogens with zero attached hydrogens (tertiary/aromatic N) is 1. The second-order valence-corrected chi connectivity index (χ2v) is 7.96. The van der Waals surface area contributed by atoms with Gasteiger partial charge in [-0.05, 0) is 37.6 Å². The second-order valence-electron chi connectivity index (χ2n) is 6.97. The minimum absolute atomic E-state index is 0.145.